The molecule has 5 heavy (non-hydrogen) atoms. The van der Waals surface area contributed by atoms with Crippen LogP contribution in [0.2, 0.25) is 0 Å². The first-order chi connectivity index (χ1) is 2.27. The van der Waals surface area contributed by atoms with Gasteiger partial charge in [0.1, 0.15) is 0 Å². The largest absolute Gasteiger partial charge is 0.462 e. The second-order valence-electron chi connectivity index (χ2n) is 0.394. The summed E-state index contributed by atoms with van der Waals surface area (Å²) in [4.78, 5) is 9.01. The molecular weight excluding hydrogens is 72.0 g/mol. The first-order valence-corrected chi connectivity index (χ1v) is 0.875. The zero-order valence-electron chi connectivity index (χ0n) is 2.30. The van der Waals surface area contributed by atoms with Gasteiger partial charge < -0.3 is 5.11 Å². The molecule has 4 nitrogen and oxygen atoms in total. The van der Waals surface area contributed by atoms with Crippen molar-refractivity contribution < 1.29 is 9.90 Å². The molecule has 4 heteroatoms. The lowest BCUT2D eigenvalue weighted by molar-refractivity contribution is 0.203. The van der Waals surface area contributed by atoms with Gasteiger partial charge in [0.2, 0.25) is 0 Å². The van der Waals surface area contributed by atoms with Crippen LogP contribution in [0.5, 0.6) is 0 Å². The first kappa shape index (κ1) is 4.07. The molecule has 2 N–H and O–H groups in total. The van der Waals surface area contributed by atoms with Crippen molar-refractivity contribution in [2.45, 2.75) is 0 Å². The molecule has 0 unspecified atom stereocenters. The summed E-state index contributed by atoms with van der Waals surface area (Å²) < 4.78 is 0. The van der Waals surface area contributed by atoms with Gasteiger partial charge in [-0.05, 0) is 0 Å². The molecule has 0 rings (SSSR count). The Kier molecular flexibility index (Phi) is 1.14. The molecule has 0 aromatic heterocycles. The Labute approximate surface area is 27.9 Å². The van der Waals surface area contributed by atoms with Crippen molar-refractivity contribution in [1.82, 2.24) is 0 Å². The molecule has 28 valence electrons. The third-order valence-corrected chi connectivity index (χ3v) is 0.0956. The van der Waals surface area contributed by atoms with Gasteiger partial charge in [-0.25, -0.2) is 4.79 Å². The number of hydrogen-bond acceptors (Lipinski definition) is 2. The Morgan fingerprint density at radius 3 is 2.20 bits per heavy atom. The van der Waals surface area contributed by atoms with Crippen LogP contribution in [0.25, 0.3) is 0 Å². The minimum atomic E-state index is -1.45. The van der Waals surface area contributed by atoms with Gasteiger partial charge in [0.25, 0.3) is 0 Å². The third-order valence-electron chi connectivity index (χ3n) is 0.0956. The molecule has 0 radical (unpaired) electrons. The van der Waals surface area contributed by atoms with E-state index in [0.717, 1.165) is 0 Å². The summed E-state index contributed by atoms with van der Waals surface area (Å²) >= 11 is 0. The molecule has 0 fully saturated rings. The van der Waals surface area contributed by atoms with E-state index in [1.807, 2.05) is 0 Å². The summed E-state index contributed by atoms with van der Waals surface area (Å²) in [5, 5.41) is 9.42. The van der Waals surface area contributed by atoms with Gasteiger partial charge in [-0.15, -0.1) is 0 Å². The molecule has 0 aliphatic rings. The van der Waals surface area contributed by atoms with Crippen LogP contribution < -0.4 is 0 Å². The number of amides is 1. The molecule has 0 aliphatic heterocycles. The monoisotopic (exact) mass is 74.0 g/mol. The Balaban J connectivity index is 3.20. The Morgan fingerprint density at radius 2 is 2.20 bits per heavy atom. The zero-order valence-corrected chi connectivity index (χ0v) is 2.30. The van der Waals surface area contributed by atoms with Gasteiger partial charge in [0.15, 0.2) is 0 Å². The van der Waals surface area contributed by atoms with Gasteiger partial charge >= 0.3 is 6.09 Å². The smallest absolute Gasteiger partial charge is 0.449 e. The highest BCUT2D eigenvalue weighted by Crippen LogP contribution is 1.61. The molecule has 0 saturated carbocycles. The van der Waals surface area contributed by atoms with Gasteiger partial charge in [-0.1, -0.05) is 5.11 Å². The minimum Gasteiger partial charge on any atom is -0.462 e. The van der Waals surface area contributed by atoms with E-state index in [4.69, 9.17) is 15.4 Å². The number of hydrogen-bond donors (Lipinski definition) is 2. The van der Waals surface area contributed by atoms with Gasteiger partial charge in [0.05, 0.1) is 0 Å². The summed E-state index contributed by atoms with van der Waals surface area (Å²) in [6.45, 7) is 0. The van der Waals surface area contributed by atoms with E-state index < -0.39 is 6.09 Å². The zero-order chi connectivity index (χ0) is 4.28. The van der Waals surface area contributed by atoms with E-state index in [2.05, 4.69) is 5.11 Å². The maximum atomic E-state index is 9.01. The van der Waals surface area contributed by atoms with Crippen LogP contribution in [0.4, 0.5) is 4.79 Å². The molecule has 0 aromatic rings. The summed E-state index contributed by atoms with van der Waals surface area (Å²) in [6, 6.07) is 0. The second-order valence-corrected chi connectivity index (χ2v) is 0.394. The van der Waals surface area contributed by atoms with Crippen molar-refractivity contribution >= 4 is 6.09 Å². The predicted octanol–water partition coefficient (Wildman–Crippen LogP) is 0.695. The maximum Gasteiger partial charge on any atom is 0.449 e. The van der Waals surface area contributed by atoms with Gasteiger partial charge in [-0.3, -0.25) is 0 Å². The average Bonchev–Trinajstić information content (AvgIpc) is 1.38. The lowest BCUT2D eigenvalue weighted by atomic mass is 11.3. The highest BCUT2D eigenvalue weighted by atomic mass is 16.4. The molecule has 0 bridgehead atoms. The fraction of sp³-hybridized carbons (Fsp3) is 0. The summed E-state index contributed by atoms with van der Waals surface area (Å²) in [6.07, 6.45) is -1.45. The van der Waals surface area contributed by atoms with Crippen LogP contribution in [0.1, 0.15) is 0 Å². The SMILES string of the molecule is N=NC(=O)O. The van der Waals surface area contributed by atoms with Crippen molar-refractivity contribution in [1.29, 1.82) is 5.53 Å². The molecule has 0 heterocycles. The topological polar surface area (TPSA) is 73.5 Å². The fourth-order valence-electron chi connectivity index (χ4n) is 0. The van der Waals surface area contributed by atoms with E-state index in [1.165, 1.54) is 0 Å². The lowest BCUT2D eigenvalue weighted by Gasteiger charge is -1.62. The highest BCUT2D eigenvalue weighted by molar-refractivity contribution is 5.64. The number of nitrogens with one attached hydrogen (secondary N) is 1. The standard InChI is InChI=1S/CH2N2O2/c2-3-1(4)5/h2H,(H,4,5). The quantitative estimate of drug-likeness (QED) is 0.415. The number of rotatable bonds is 0. The van der Waals surface area contributed by atoms with Crippen LogP contribution in [-0.4, -0.2) is 11.2 Å². The summed E-state index contributed by atoms with van der Waals surface area (Å²) in [5.74, 6) is 0. The first-order valence-electron chi connectivity index (χ1n) is 0.875. The molecule has 0 aliphatic carbocycles. The van der Waals surface area contributed by atoms with Gasteiger partial charge in [-0.2, -0.15) is 5.53 Å². The van der Waals surface area contributed by atoms with Crippen molar-refractivity contribution in [3.63, 3.8) is 0 Å². The summed E-state index contributed by atoms with van der Waals surface area (Å²) in [7, 11) is 0. The average molecular weight is 74.0 g/mol. The van der Waals surface area contributed by atoms with E-state index in [-0.39, 0.29) is 0 Å². The molecule has 0 spiro atoms. The number of carbonyl (C=O) groups is 1. The number of nitrogens with zero attached hydrogens (tertiary/aromatic N) is 1. The summed E-state index contributed by atoms with van der Waals surface area (Å²) in [5.41, 5.74) is 5.68. The predicted molar refractivity (Wildman–Crippen MR) is 13.2 cm³/mol. The van der Waals surface area contributed by atoms with Crippen molar-refractivity contribution in [2.24, 2.45) is 5.11 Å². The maximum absolute atomic E-state index is 9.01. The van der Waals surface area contributed by atoms with Crippen molar-refractivity contribution in [3.8, 4) is 0 Å². The Bertz CT molecular complexity index is 58.7. The Hall–Kier alpha value is -0.930. The lowest BCUT2D eigenvalue weighted by Crippen LogP contribution is -1.77. The van der Waals surface area contributed by atoms with Crippen molar-refractivity contribution in [3.05, 3.63) is 0 Å². The van der Waals surface area contributed by atoms with E-state index >= 15 is 0 Å². The highest BCUT2D eigenvalue weighted by Gasteiger charge is 1.77. The Morgan fingerprint density at radius 1 is 2.00 bits per heavy atom. The van der Waals surface area contributed by atoms with Crippen LogP contribution >= 0.6 is 0 Å². The molecular formula is CH2N2O2. The van der Waals surface area contributed by atoms with E-state index in [1.54, 1.807) is 0 Å². The normalized spacial score (nSPS) is 6.40. The third kappa shape index (κ3) is 3.07. The minimum absolute atomic E-state index is 1.45. The van der Waals surface area contributed by atoms with Gasteiger partial charge in [0, 0.05) is 0 Å². The van der Waals surface area contributed by atoms with Crippen molar-refractivity contribution in [2.75, 3.05) is 0 Å². The second kappa shape index (κ2) is 1.40. The molecule has 0 saturated heterocycles. The fourth-order valence-corrected chi connectivity index (χ4v) is 0. The van der Waals surface area contributed by atoms with E-state index in [0.29, 0.717) is 0 Å². The molecule has 1 amide bonds. The van der Waals surface area contributed by atoms with Crippen LogP contribution in [0, 0.1) is 5.53 Å². The van der Waals surface area contributed by atoms with Crippen LogP contribution in [0.3, 0.4) is 0 Å². The number of carboxylic acid groups (broad SMARTS) is 1. The van der Waals surface area contributed by atoms with E-state index in [9.17, 15) is 0 Å². The van der Waals surface area contributed by atoms with Crippen LogP contribution in [0.15, 0.2) is 5.11 Å². The van der Waals surface area contributed by atoms with Crippen LogP contribution in [-0.2, 0) is 0 Å². The molecule has 0 atom stereocenters. The molecule has 0 aromatic carbocycles.